The van der Waals surface area contributed by atoms with Crippen molar-refractivity contribution in [2.24, 2.45) is 0 Å². The zero-order valence-corrected chi connectivity index (χ0v) is 13.8. The molecule has 116 valence electrons. The van der Waals surface area contributed by atoms with E-state index < -0.39 is 0 Å². The van der Waals surface area contributed by atoms with Gasteiger partial charge < -0.3 is 9.64 Å². The largest absolute Gasteiger partial charge is 0.465 e. The third-order valence-corrected chi connectivity index (χ3v) is 5.95. The SMILES string of the molecule is Cc1ccccc1-c1nnc(OC2CC3CCC(C2)N3C)s1. The first kappa shape index (κ1) is 14.2. The summed E-state index contributed by atoms with van der Waals surface area (Å²) in [6.45, 7) is 2.10. The van der Waals surface area contributed by atoms with Crippen molar-refractivity contribution in [3.05, 3.63) is 29.8 Å². The van der Waals surface area contributed by atoms with E-state index >= 15 is 0 Å². The van der Waals surface area contributed by atoms with Gasteiger partial charge in [0.25, 0.3) is 5.19 Å². The average Bonchev–Trinajstić information content (AvgIpc) is 3.02. The van der Waals surface area contributed by atoms with Gasteiger partial charge in [-0.25, -0.2) is 0 Å². The Morgan fingerprint density at radius 1 is 1.14 bits per heavy atom. The molecule has 2 aliphatic rings. The van der Waals surface area contributed by atoms with Gasteiger partial charge in [0.15, 0.2) is 5.01 Å². The lowest BCUT2D eigenvalue weighted by molar-refractivity contribution is 0.0655. The Labute approximate surface area is 135 Å². The Balaban J connectivity index is 1.48. The smallest absolute Gasteiger partial charge is 0.294 e. The highest BCUT2D eigenvalue weighted by atomic mass is 32.1. The summed E-state index contributed by atoms with van der Waals surface area (Å²) in [4.78, 5) is 2.53. The summed E-state index contributed by atoms with van der Waals surface area (Å²) in [7, 11) is 2.25. The molecule has 2 unspecified atom stereocenters. The van der Waals surface area contributed by atoms with Crippen LogP contribution in [0.5, 0.6) is 5.19 Å². The molecule has 2 atom stereocenters. The van der Waals surface area contributed by atoms with Gasteiger partial charge in [0, 0.05) is 17.6 Å². The first-order valence-corrected chi connectivity index (χ1v) is 8.80. The van der Waals surface area contributed by atoms with Gasteiger partial charge >= 0.3 is 0 Å². The molecule has 2 aromatic rings. The van der Waals surface area contributed by atoms with Crippen LogP contribution in [0.25, 0.3) is 10.6 Å². The Hall–Kier alpha value is -1.46. The van der Waals surface area contributed by atoms with Gasteiger partial charge in [-0.3, -0.25) is 0 Å². The quantitative estimate of drug-likeness (QED) is 0.868. The second-order valence-corrected chi connectivity index (χ2v) is 7.39. The number of aryl methyl sites for hydroxylation is 1. The molecule has 4 rings (SSSR count). The van der Waals surface area contributed by atoms with Crippen molar-refractivity contribution in [1.82, 2.24) is 15.1 Å². The number of piperidine rings is 1. The number of benzene rings is 1. The third-order valence-electron chi connectivity index (χ3n) is 5.10. The van der Waals surface area contributed by atoms with E-state index in [-0.39, 0.29) is 0 Å². The van der Waals surface area contributed by atoms with Crippen molar-refractivity contribution in [2.45, 2.75) is 50.8 Å². The molecule has 0 spiro atoms. The number of hydrogen-bond acceptors (Lipinski definition) is 5. The maximum atomic E-state index is 6.14. The van der Waals surface area contributed by atoms with Crippen LogP contribution in [0.15, 0.2) is 24.3 Å². The summed E-state index contributed by atoms with van der Waals surface area (Å²) in [5.74, 6) is 0. The molecule has 5 heteroatoms. The summed E-state index contributed by atoms with van der Waals surface area (Å²) >= 11 is 1.56. The third kappa shape index (κ3) is 2.52. The van der Waals surface area contributed by atoms with E-state index in [0.29, 0.717) is 23.4 Å². The van der Waals surface area contributed by atoms with E-state index in [1.54, 1.807) is 11.3 Å². The Bertz CT molecular complexity index is 657. The molecule has 2 aliphatic heterocycles. The highest BCUT2D eigenvalue weighted by molar-refractivity contribution is 7.16. The van der Waals surface area contributed by atoms with Crippen molar-refractivity contribution in [2.75, 3.05) is 7.05 Å². The van der Waals surface area contributed by atoms with E-state index in [0.717, 1.165) is 23.4 Å². The van der Waals surface area contributed by atoms with Gasteiger partial charge in [0.2, 0.25) is 0 Å². The normalized spacial score (nSPS) is 28.0. The van der Waals surface area contributed by atoms with Crippen molar-refractivity contribution < 1.29 is 4.74 Å². The van der Waals surface area contributed by atoms with Crippen molar-refractivity contribution in [1.29, 1.82) is 0 Å². The zero-order valence-electron chi connectivity index (χ0n) is 13.0. The van der Waals surface area contributed by atoms with E-state index in [4.69, 9.17) is 4.74 Å². The Morgan fingerprint density at radius 3 is 2.59 bits per heavy atom. The molecule has 2 bridgehead atoms. The lowest BCUT2D eigenvalue weighted by Crippen LogP contribution is -2.43. The summed E-state index contributed by atoms with van der Waals surface area (Å²) in [6.07, 6.45) is 5.15. The van der Waals surface area contributed by atoms with Gasteiger partial charge in [-0.2, -0.15) is 0 Å². The molecule has 0 saturated carbocycles. The molecule has 2 fully saturated rings. The van der Waals surface area contributed by atoms with Crippen LogP contribution in [0.4, 0.5) is 0 Å². The molecule has 1 aromatic heterocycles. The predicted molar refractivity (Wildman–Crippen MR) is 88.3 cm³/mol. The molecule has 2 saturated heterocycles. The van der Waals surface area contributed by atoms with Crippen LogP contribution in [0.2, 0.25) is 0 Å². The minimum absolute atomic E-state index is 0.298. The highest BCUT2D eigenvalue weighted by Gasteiger charge is 2.39. The lowest BCUT2D eigenvalue weighted by Gasteiger charge is -2.35. The maximum Gasteiger partial charge on any atom is 0.294 e. The van der Waals surface area contributed by atoms with Crippen molar-refractivity contribution in [3.8, 4) is 15.8 Å². The lowest BCUT2D eigenvalue weighted by atomic mass is 10.0. The second kappa shape index (κ2) is 5.63. The fraction of sp³-hybridized carbons (Fsp3) is 0.529. The van der Waals surface area contributed by atoms with Crippen LogP contribution in [0.3, 0.4) is 0 Å². The van der Waals surface area contributed by atoms with Crippen LogP contribution in [-0.2, 0) is 0 Å². The van der Waals surface area contributed by atoms with Crippen LogP contribution < -0.4 is 4.74 Å². The highest BCUT2D eigenvalue weighted by Crippen LogP contribution is 2.37. The molecule has 0 amide bonds. The Morgan fingerprint density at radius 2 is 1.86 bits per heavy atom. The standard InChI is InChI=1S/C17H21N3OS/c1-11-5-3-4-6-15(11)16-18-19-17(22-16)21-14-9-12-7-8-13(10-14)20(12)2/h3-6,12-14H,7-10H2,1-2H3. The summed E-state index contributed by atoms with van der Waals surface area (Å²) < 4.78 is 6.14. The average molecular weight is 315 g/mol. The second-order valence-electron chi connectivity index (χ2n) is 6.45. The monoisotopic (exact) mass is 315 g/mol. The van der Waals surface area contributed by atoms with Crippen LogP contribution in [-0.4, -0.2) is 40.3 Å². The van der Waals surface area contributed by atoms with Crippen LogP contribution in [0.1, 0.15) is 31.2 Å². The Kier molecular flexibility index (Phi) is 3.62. The van der Waals surface area contributed by atoms with Gasteiger partial charge in [-0.05, 0) is 45.2 Å². The molecular weight excluding hydrogens is 294 g/mol. The molecule has 1 aromatic carbocycles. The number of aromatic nitrogens is 2. The van der Waals surface area contributed by atoms with E-state index in [2.05, 4.69) is 41.2 Å². The summed E-state index contributed by atoms with van der Waals surface area (Å²) in [5.41, 5.74) is 2.38. The van der Waals surface area contributed by atoms with Crippen LogP contribution in [0, 0.1) is 6.92 Å². The topological polar surface area (TPSA) is 38.3 Å². The minimum Gasteiger partial charge on any atom is -0.465 e. The molecule has 0 N–H and O–H groups in total. The molecule has 22 heavy (non-hydrogen) atoms. The first-order chi connectivity index (χ1) is 10.7. The fourth-order valence-electron chi connectivity index (χ4n) is 3.78. The number of ether oxygens (including phenoxy) is 1. The maximum absolute atomic E-state index is 6.14. The van der Waals surface area contributed by atoms with E-state index in [1.807, 2.05) is 12.1 Å². The number of nitrogens with zero attached hydrogens (tertiary/aromatic N) is 3. The number of rotatable bonds is 3. The van der Waals surface area contributed by atoms with Gasteiger partial charge in [-0.15, -0.1) is 5.10 Å². The fourth-order valence-corrected chi connectivity index (χ4v) is 4.63. The van der Waals surface area contributed by atoms with Gasteiger partial charge in [-0.1, -0.05) is 40.7 Å². The number of fused-ring (bicyclic) bond motifs is 2. The van der Waals surface area contributed by atoms with E-state index in [1.165, 1.54) is 18.4 Å². The molecule has 0 aliphatic carbocycles. The van der Waals surface area contributed by atoms with Crippen molar-refractivity contribution in [3.63, 3.8) is 0 Å². The summed E-state index contributed by atoms with van der Waals surface area (Å²) in [5, 5.41) is 10.2. The van der Waals surface area contributed by atoms with E-state index in [9.17, 15) is 0 Å². The predicted octanol–water partition coefficient (Wildman–Crippen LogP) is 3.52. The van der Waals surface area contributed by atoms with Gasteiger partial charge in [0.1, 0.15) is 6.10 Å². The molecule has 4 nitrogen and oxygen atoms in total. The summed E-state index contributed by atoms with van der Waals surface area (Å²) in [6, 6.07) is 9.66. The van der Waals surface area contributed by atoms with Crippen LogP contribution >= 0.6 is 11.3 Å². The molecule has 3 heterocycles. The molecular formula is C17H21N3OS. The number of hydrogen-bond donors (Lipinski definition) is 0. The molecule has 0 radical (unpaired) electrons. The first-order valence-electron chi connectivity index (χ1n) is 7.99. The van der Waals surface area contributed by atoms with Gasteiger partial charge in [0.05, 0.1) is 0 Å². The van der Waals surface area contributed by atoms with Crippen molar-refractivity contribution >= 4 is 11.3 Å². The minimum atomic E-state index is 0.298. The zero-order chi connectivity index (χ0) is 15.1.